The molecule has 1 heterocycles. The molecule has 0 aliphatic rings. The first-order valence-electron chi connectivity index (χ1n) is 9.48. The molecule has 8 nitrogen and oxygen atoms in total. The minimum Gasteiger partial charge on any atom is -0.482 e. The SMILES string of the molecule is CCC(CC)NC(=O)COC(=O)COc1ccc(N(C)S(=O)(=O)c2cccs2)cc1. The quantitative estimate of drug-likeness (QED) is 0.524. The van der Waals surface area contributed by atoms with Crippen molar-refractivity contribution in [1.82, 2.24) is 5.32 Å². The Balaban J connectivity index is 1.83. The van der Waals surface area contributed by atoms with Crippen LogP contribution in [0.15, 0.2) is 46.0 Å². The van der Waals surface area contributed by atoms with E-state index in [4.69, 9.17) is 9.47 Å². The van der Waals surface area contributed by atoms with E-state index in [0.717, 1.165) is 24.2 Å². The van der Waals surface area contributed by atoms with Crippen LogP contribution in [0.5, 0.6) is 5.75 Å². The lowest BCUT2D eigenvalue weighted by Gasteiger charge is -2.18. The van der Waals surface area contributed by atoms with E-state index < -0.39 is 16.0 Å². The number of rotatable bonds is 11. The van der Waals surface area contributed by atoms with Crippen LogP contribution in [0.3, 0.4) is 0 Å². The number of sulfonamides is 1. The summed E-state index contributed by atoms with van der Waals surface area (Å²) in [7, 11) is -2.15. The Morgan fingerprint density at radius 2 is 1.77 bits per heavy atom. The molecule has 2 rings (SSSR count). The van der Waals surface area contributed by atoms with Crippen LogP contribution in [0.1, 0.15) is 26.7 Å². The third-order valence-electron chi connectivity index (χ3n) is 4.38. The second kappa shape index (κ2) is 11.0. The van der Waals surface area contributed by atoms with Gasteiger partial charge in [-0.3, -0.25) is 9.10 Å². The molecule has 30 heavy (non-hydrogen) atoms. The van der Waals surface area contributed by atoms with Crippen LogP contribution in [0.2, 0.25) is 0 Å². The zero-order valence-corrected chi connectivity index (χ0v) is 18.8. The van der Waals surface area contributed by atoms with Crippen molar-refractivity contribution in [3.8, 4) is 5.75 Å². The van der Waals surface area contributed by atoms with Gasteiger partial charge in [0.05, 0.1) is 5.69 Å². The van der Waals surface area contributed by atoms with Gasteiger partial charge in [0.15, 0.2) is 13.2 Å². The molecule has 0 radical (unpaired) electrons. The zero-order valence-electron chi connectivity index (χ0n) is 17.2. The fourth-order valence-corrected chi connectivity index (χ4v) is 4.88. The van der Waals surface area contributed by atoms with Crippen molar-refractivity contribution in [2.24, 2.45) is 0 Å². The molecule has 0 unspecified atom stereocenters. The number of ether oxygens (including phenoxy) is 2. The van der Waals surface area contributed by atoms with Crippen molar-refractivity contribution in [3.63, 3.8) is 0 Å². The number of carbonyl (C=O) groups is 2. The number of hydrogen-bond acceptors (Lipinski definition) is 7. The van der Waals surface area contributed by atoms with Gasteiger partial charge in [0.25, 0.3) is 15.9 Å². The molecule has 0 bridgehead atoms. The van der Waals surface area contributed by atoms with Crippen LogP contribution in [0, 0.1) is 0 Å². The van der Waals surface area contributed by atoms with Crippen molar-refractivity contribution in [1.29, 1.82) is 0 Å². The van der Waals surface area contributed by atoms with Gasteiger partial charge in [-0.2, -0.15) is 0 Å². The number of anilines is 1. The molecule has 1 amide bonds. The van der Waals surface area contributed by atoms with Crippen LogP contribution in [-0.2, 0) is 24.3 Å². The summed E-state index contributed by atoms with van der Waals surface area (Å²) in [6.45, 7) is 3.22. The van der Waals surface area contributed by atoms with Gasteiger partial charge in [0, 0.05) is 13.1 Å². The fraction of sp³-hybridized carbons (Fsp3) is 0.400. The van der Waals surface area contributed by atoms with Crippen LogP contribution in [-0.4, -0.2) is 46.6 Å². The van der Waals surface area contributed by atoms with Gasteiger partial charge in [0.2, 0.25) is 0 Å². The highest BCUT2D eigenvalue weighted by Gasteiger charge is 2.22. The summed E-state index contributed by atoms with van der Waals surface area (Å²) in [5.41, 5.74) is 0.455. The predicted octanol–water partition coefficient (Wildman–Crippen LogP) is 2.80. The van der Waals surface area contributed by atoms with E-state index in [0.29, 0.717) is 11.4 Å². The summed E-state index contributed by atoms with van der Waals surface area (Å²) in [6.07, 6.45) is 1.61. The number of benzene rings is 1. The van der Waals surface area contributed by atoms with Gasteiger partial charge in [-0.15, -0.1) is 11.3 Å². The van der Waals surface area contributed by atoms with Crippen molar-refractivity contribution in [2.75, 3.05) is 24.6 Å². The number of nitrogens with one attached hydrogen (secondary N) is 1. The van der Waals surface area contributed by atoms with E-state index in [1.807, 2.05) is 13.8 Å². The topological polar surface area (TPSA) is 102 Å². The van der Waals surface area contributed by atoms with E-state index >= 15 is 0 Å². The van der Waals surface area contributed by atoms with Crippen molar-refractivity contribution < 1.29 is 27.5 Å². The minimum atomic E-state index is -3.62. The molecule has 1 N–H and O–H groups in total. The monoisotopic (exact) mass is 454 g/mol. The lowest BCUT2D eigenvalue weighted by molar-refractivity contribution is -0.150. The van der Waals surface area contributed by atoms with Crippen molar-refractivity contribution in [2.45, 2.75) is 36.9 Å². The van der Waals surface area contributed by atoms with E-state index in [1.165, 1.54) is 11.4 Å². The normalized spacial score (nSPS) is 11.2. The molecule has 0 aliphatic carbocycles. The Kier molecular flexibility index (Phi) is 8.67. The number of nitrogens with zero attached hydrogens (tertiary/aromatic N) is 1. The maximum Gasteiger partial charge on any atom is 0.344 e. The van der Waals surface area contributed by atoms with Gasteiger partial charge in [-0.25, -0.2) is 13.2 Å². The first-order valence-corrected chi connectivity index (χ1v) is 11.8. The second-order valence-electron chi connectivity index (χ2n) is 6.43. The molecule has 2 aromatic rings. The van der Waals surface area contributed by atoms with Gasteiger partial charge in [-0.1, -0.05) is 19.9 Å². The molecule has 0 aliphatic heterocycles. The van der Waals surface area contributed by atoms with E-state index in [-0.39, 0.29) is 29.4 Å². The number of esters is 1. The third-order valence-corrected chi connectivity index (χ3v) is 7.54. The highest BCUT2D eigenvalue weighted by molar-refractivity contribution is 7.94. The van der Waals surface area contributed by atoms with E-state index in [1.54, 1.807) is 41.8 Å². The molecule has 0 spiro atoms. The van der Waals surface area contributed by atoms with Crippen molar-refractivity contribution in [3.05, 3.63) is 41.8 Å². The molecule has 0 saturated carbocycles. The largest absolute Gasteiger partial charge is 0.482 e. The van der Waals surface area contributed by atoms with Gasteiger partial charge in [0.1, 0.15) is 9.96 Å². The maximum absolute atomic E-state index is 12.5. The summed E-state index contributed by atoms with van der Waals surface area (Å²) in [5, 5.41) is 4.48. The Morgan fingerprint density at radius 1 is 1.10 bits per heavy atom. The molecular weight excluding hydrogens is 428 g/mol. The number of hydrogen-bond donors (Lipinski definition) is 1. The molecular formula is C20H26N2O6S2. The summed E-state index contributed by atoms with van der Waals surface area (Å²) >= 11 is 1.15. The summed E-state index contributed by atoms with van der Waals surface area (Å²) in [5.74, 6) is -0.647. The Bertz CT molecular complexity index is 923. The van der Waals surface area contributed by atoms with E-state index in [9.17, 15) is 18.0 Å². The Morgan fingerprint density at radius 3 is 2.33 bits per heavy atom. The van der Waals surface area contributed by atoms with Crippen LogP contribution in [0.4, 0.5) is 5.69 Å². The lowest BCUT2D eigenvalue weighted by atomic mass is 10.2. The van der Waals surface area contributed by atoms with Gasteiger partial charge < -0.3 is 14.8 Å². The molecule has 1 aromatic heterocycles. The molecule has 10 heteroatoms. The molecule has 0 atom stereocenters. The lowest BCUT2D eigenvalue weighted by Crippen LogP contribution is -2.37. The number of carbonyl (C=O) groups excluding carboxylic acids is 2. The molecule has 0 fully saturated rings. The Hall–Kier alpha value is -2.59. The predicted molar refractivity (Wildman–Crippen MR) is 115 cm³/mol. The standard InChI is InChI=1S/C20H26N2O6S2/c1-4-15(5-2)21-18(23)13-28-19(24)14-27-17-10-8-16(9-11-17)22(3)30(25,26)20-7-6-12-29-20/h6-12,15H,4-5,13-14H2,1-3H3,(H,21,23). The van der Waals surface area contributed by atoms with Crippen LogP contribution < -0.4 is 14.4 Å². The highest BCUT2D eigenvalue weighted by Crippen LogP contribution is 2.26. The fourth-order valence-electron chi connectivity index (χ4n) is 2.53. The number of amides is 1. The van der Waals surface area contributed by atoms with Crippen molar-refractivity contribution >= 4 is 38.9 Å². The minimum absolute atomic E-state index is 0.0627. The molecule has 1 aromatic carbocycles. The first kappa shape index (κ1) is 23.7. The average molecular weight is 455 g/mol. The maximum atomic E-state index is 12.5. The summed E-state index contributed by atoms with van der Waals surface area (Å²) in [6, 6.07) is 9.56. The van der Waals surface area contributed by atoms with Gasteiger partial charge in [-0.05, 0) is 48.6 Å². The zero-order chi connectivity index (χ0) is 22.1. The van der Waals surface area contributed by atoms with Crippen LogP contribution in [0.25, 0.3) is 0 Å². The van der Waals surface area contributed by atoms with E-state index in [2.05, 4.69) is 5.32 Å². The Labute approximate surface area is 180 Å². The molecule has 164 valence electrons. The summed E-state index contributed by atoms with van der Waals surface area (Å²) < 4.78 is 36.7. The van der Waals surface area contributed by atoms with Gasteiger partial charge >= 0.3 is 5.97 Å². The average Bonchev–Trinajstić information content (AvgIpc) is 3.30. The number of thiophene rings is 1. The van der Waals surface area contributed by atoms with Crippen LogP contribution >= 0.6 is 11.3 Å². The highest BCUT2D eigenvalue weighted by atomic mass is 32.2. The smallest absolute Gasteiger partial charge is 0.344 e. The second-order valence-corrected chi connectivity index (χ2v) is 9.57. The molecule has 0 saturated heterocycles. The summed E-state index contributed by atoms with van der Waals surface area (Å²) in [4.78, 5) is 23.5. The first-order chi connectivity index (χ1) is 14.3. The third kappa shape index (κ3) is 6.46.